The molecule has 1 aliphatic heterocycles. The highest BCUT2D eigenvalue weighted by Gasteiger charge is 2.33. The summed E-state index contributed by atoms with van der Waals surface area (Å²) in [6.07, 6.45) is 5.26. The molecule has 1 heterocycles. The minimum absolute atomic E-state index is 0.0330. The summed E-state index contributed by atoms with van der Waals surface area (Å²) in [5, 5.41) is 6.68. The monoisotopic (exact) mass is 272 g/mol. The van der Waals surface area contributed by atoms with Gasteiger partial charge in [-0.3, -0.25) is 4.79 Å². The van der Waals surface area contributed by atoms with Gasteiger partial charge >= 0.3 is 0 Å². The Hall–Kier alpha value is -1.35. The van der Waals surface area contributed by atoms with Gasteiger partial charge in [-0.05, 0) is 63.2 Å². The Morgan fingerprint density at radius 2 is 2.05 bits per heavy atom. The molecule has 1 fully saturated rings. The Bertz CT molecular complexity index is 492. The molecule has 2 N–H and O–H groups in total. The average Bonchev–Trinajstić information content (AvgIpc) is 2.47. The molecule has 3 nitrogen and oxygen atoms in total. The summed E-state index contributed by atoms with van der Waals surface area (Å²) < 4.78 is 0. The van der Waals surface area contributed by atoms with Crippen LogP contribution >= 0.6 is 0 Å². The molecule has 0 saturated carbocycles. The number of hydrogen-bond donors (Lipinski definition) is 2. The molecule has 1 unspecified atom stereocenters. The van der Waals surface area contributed by atoms with E-state index in [2.05, 4.69) is 41.8 Å². The van der Waals surface area contributed by atoms with Crippen molar-refractivity contribution in [1.82, 2.24) is 10.6 Å². The van der Waals surface area contributed by atoms with Gasteiger partial charge in [0, 0.05) is 5.54 Å². The van der Waals surface area contributed by atoms with Crippen LogP contribution in [-0.2, 0) is 11.2 Å². The number of rotatable bonds is 2. The van der Waals surface area contributed by atoms with Crippen LogP contribution < -0.4 is 10.6 Å². The maximum atomic E-state index is 12.7. The van der Waals surface area contributed by atoms with Gasteiger partial charge in [0.15, 0.2) is 0 Å². The molecular formula is C17H24N2O. The predicted octanol–water partition coefficient (Wildman–Crippen LogP) is 2.36. The zero-order valence-electron chi connectivity index (χ0n) is 12.2. The van der Waals surface area contributed by atoms with Crippen molar-refractivity contribution in [2.24, 2.45) is 0 Å². The zero-order chi connectivity index (χ0) is 14.0. The first kappa shape index (κ1) is 13.6. The number of carbonyl (C=O) groups is 1. The van der Waals surface area contributed by atoms with E-state index in [0.717, 1.165) is 45.2 Å². The Labute approximate surface area is 121 Å². The number of carbonyl (C=O) groups excluding carboxylic acids is 1. The normalized spacial score (nSPS) is 24.8. The van der Waals surface area contributed by atoms with Crippen molar-refractivity contribution < 1.29 is 4.79 Å². The molecule has 1 aliphatic carbocycles. The SMILES string of the molecule is CC1(NC(=O)C2CCCc3ccccc32)CCNCC1. The lowest BCUT2D eigenvalue weighted by Crippen LogP contribution is -2.53. The molecule has 3 rings (SSSR count). The molecule has 1 amide bonds. The van der Waals surface area contributed by atoms with Crippen molar-refractivity contribution in [1.29, 1.82) is 0 Å². The molecule has 3 heteroatoms. The molecule has 1 aromatic rings. The summed E-state index contributed by atoms with van der Waals surface area (Å²) >= 11 is 0. The minimum atomic E-state index is -0.0330. The van der Waals surface area contributed by atoms with Gasteiger partial charge in [-0.2, -0.15) is 0 Å². The maximum Gasteiger partial charge on any atom is 0.227 e. The molecule has 108 valence electrons. The minimum Gasteiger partial charge on any atom is -0.350 e. The Balaban J connectivity index is 1.75. The summed E-state index contributed by atoms with van der Waals surface area (Å²) in [5.41, 5.74) is 2.57. The van der Waals surface area contributed by atoms with Crippen LogP contribution in [0.5, 0.6) is 0 Å². The Kier molecular flexibility index (Phi) is 3.79. The lowest BCUT2D eigenvalue weighted by atomic mass is 9.81. The first-order chi connectivity index (χ1) is 9.68. The molecule has 0 radical (unpaired) electrons. The van der Waals surface area contributed by atoms with E-state index in [9.17, 15) is 4.79 Å². The summed E-state index contributed by atoms with van der Waals surface area (Å²) in [6, 6.07) is 8.43. The zero-order valence-corrected chi connectivity index (χ0v) is 12.2. The fourth-order valence-electron chi connectivity index (χ4n) is 3.51. The lowest BCUT2D eigenvalue weighted by Gasteiger charge is -2.37. The summed E-state index contributed by atoms with van der Waals surface area (Å²) in [4.78, 5) is 12.7. The second kappa shape index (κ2) is 5.57. The largest absolute Gasteiger partial charge is 0.350 e. The van der Waals surface area contributed by atoms with Crippen LogP contribution in [0.1, 0.15) is 49.7 Å². The van der Waals surface area contributed by atoms with Gasteiger partial charge < -0.3 is 10.6 Å². The fourth-order valence-corrected chi connectivity index (χ4v) is 3.51. The number of fused-ring (bicyclic) bond motifs is 1. The van der Waals surface area contributed by atoms with Crippen LogP contribution in [0.4, 0.5) is 0 Å². The molecule has 2 aliphatic rings. The summed E-state index contributed by atoms with van der Waals surface area (Å²) in [7, 11) is 0. The van der Waals surface area contributed by atoms with Crippen LogP contribution in [0.15, 0.2) is 24.3 Å². The van der Waals surface area contributed by atoms with Crippen molar-refractivity contribution in [3.05, 3.63) is 35.4 Å². The van der Waals surface area contributed by atoms with E-state index >= 15 is 0 Å². The second-order valence-electron chi connectivity index (χ2n) is 6.44. The summed E-state index contributed by atoms with van der Waals surface area (Å²) in [6.45, 7) is 4.18. The molecule has 20 heavy (non-hydrogen) atoms. The van der Waals surface area contributed by atoms with Crippen LogP contribution in [0.25, 0.3) is 0 Å². The molecule has 1 saturated heterocycles. The van der Waals surface area contributed by atoms with Gasteiger partial charge in [0.25, 0.3) is 0 Å². The van der Waals surface area contributed by atoms with Gasteiger partial charge in [-0.25, -0.2) is 0 Å². The van der Waals surface area contributed by atoms with Gasteiger partial charge in [-0.1, -0.05) is 24.3 Å². The van der Waals surface area contributed by atoms with Crippen LogP contribution in [0.3, 0.4) is 0 Å². The molecule has 0 aromatic heterocycles. The number of hydrogen-bond acceptors (Lipinski definition) is 2. The molecule has 0 bridgehead atoms. The lowest BCUT2D eigenvalue weighted by molar-refractivity contribution is -0.125. The third-order valence-corrected chi connectivity index (χ3v) is 4.82. The highest BCUT2D eigenvalue weighted by Crippen LogP contribution is 2.32. The average molecular weight is 272 g/mol. The van der Waals surface area contributed by atoms with E-state index < -0.39 is 0 Å². The number of aryl methyl sites for hydroxylation is 1. The van der Waals surface area contributed by atoms with E-state index in [1.807, 2.05) is 0 Å². The molecule has 0 spiro atoms. The van der Waals surface area contributed by atoms with Gasteiger partial charge in [0.2, 0.25) is 5.91 Å². The van der Waals surface area contributed by atoms with E-state index in [1.165, 1.54) is 11.1 Å². The van der Waals surface area contributed by atoms with Crippen molar-refractivity contribution >= 4 is 5.91 Å². The van der Waals surface area contributed by atoms with E-state index in [4.69, 9.17) is 0 Å². The Morgan fingerprint density at radius 1 is 1.30 bits per heavy atom. The van der Waals surface area contributed by atoms with Crippen molar-refractivity contribution in [2.45, 2.75) is 50.5 Å². The third kappa shape index (κ3) is 2.73. The smallest absolute Gasteiger partial charge is 0.227 e. The van der Waals surface area contributed by atoms with Gasteiger partial charge in [0.05, 0.1) is 5.92 Å². The highest BCUT2D eigenvalue weighted by molar-refractivity contribution is 5.85. The van der Waals surface area contributed by atoms with Crippen molar-refractivity contribution in [3.63, 3.8) is 0 Å². The standard InChI is InChI=1S/C17H24N2O/c1-17(9-11-18-12-10-17)19-16(20)15-8-4-6-13-5-2-3-7-14(13)15/h2-3,5,7,15,18H,4,6,8-12H2,1H3,(H,19,20). The van der Waals surface area contributed by atoms with E-state index in [-0.39, 0.29) is 17.4 Å². The first-order valence-corrected chi connectivity index (χ1v) is 7.78. The highest BCUT2D eigenvalue weighted by atomic mass is 16.2. The number of amides is 1. The first-order valence-electron chi connectivity index (χ1n) is 7.78. The quantitative estimate of drug-likeness (QED) is 0.868. The molecular weight excluding hydrogens is 248 g/mol. The van der Waals surface area contributed by atoms with E-state index in [0.29, 0.717) is 0 Å². The third-order valence-electron chi connectivity index (χ3n) is 4.82. The van der Waals surface area contributed by atoms with Gasteiger partial charge in [-0.15, -0.1) is 0 Å². The van der Waals surface area contributed by atoms with Crippen LogP contribution in [-0.4, -0.2) is 24.5 Å². The second-order valence-corrected chi connectivity index (χ2v) is 6.44. The molecule has 1 aromatic carbocycles. The van der Waals surface area contributed by atoms with Crippen molar-refractivity contribution in [3.8, 4) is 0 Å². The molecule has 1 atom stereocenters. The van der Waals surface area contributed by atoms with Crippen LogP contribution in [0.2, 0.25) is 0 Å². The topological polar surface area (TPSA) is 41.1 Å². The summed E-state index contributed by atoms with van der Waals surface area (Å²) in [5.74, 6) is 0.271. The van der Waals surface area contributed by atoms with Crippen LogP contribution in [0, 0.1) is 0 Å². The predicted molar refractivity (Wildman–Crippen MR) is 80.8 cm³/mol. The van der Waals surface area contributed by atoms with E-state index in [1.54, 1.807) is 0 Å². The fraction of sp³-hybridized carbons (Fsp3) is 0.588. The maximum absolute atomic E-state index is 12.7. The number of piperidine rings is 1. The Morgan fingerprint density at radius 3 is 2.85 bits per heavy atom. The van der Waals surface area contributed by atoms with Gasteiger partial charge in [0.1, 0.15) is 0 Å². The van der Waals surface area contributed by atoms with Crippen molar-refractivity contribution in [2.75, 3.05) is 13.1 Å². The number of benzene rings is 1. The number of nitrogens with one attached hydrogen (secondary N) is 2.